The van der Waals surface area contributed by atoms with Gasteiger partial charge in [0.05, 0.1) is 0 Å². The first-order valence-corrected chi connectivity index (χ1v) is 19.2. The summed E-state index contributed by atoms with van der Waals surface area (Å²) in [6, 6.07) is 76.5. The Morgan fingerprint density at radius 3 is 1.68 bits per heavy atom. The van der Waals surface area contributed by atoms with Crippen molar-refractivity contribution in [2.45, 2.75) is 0 Å². The minimum atomic E-state index is 0.899. The highest BCUT2D eigenvalue weighted by atomic mass is 16.3. The Kier molecular flexibility index (Phi) is 7.53. The lowest BCUT2D eigenvalue weighted by molar-refractivity contribution is 0.669. The summed E-state index contributed by atoms with van der Waals surface area (Å²) >= 11 is 0. The molecule has 0 amide bonds. The van der Waals surface area contributed by atoms with Gasteiger partial charge in [-0.15, -0.1) is 0 Å². The van der Waals surface area contributed by atoms with Crippen molar-refractivity contribution in [1.82, 2.24) is 0 Å². The van der Waals surface area contributed by atoms with E-state index in [0.717, 1.165) is 50.1 Å². The highest BCUT2D eigenvalue weighted by Crippen LogP contribution is 2.42. The van der Waals surface area contributed by atoms with Gasteiger partial charge in [0.25, 0.3) is 0 Å². The summed E-state index contributed by atoms with van der Waals surface area (Å²) in [6.07, 6.45) is 0. The quantitative estimate of drug-likeness (QED) is 0.160. The van der Waals surface area contributed by atoms with Gasteiger partial charge in [0, 0.05) is 27.8 Å². The van der Waals surface area contributed by atoms with Gasteiger partial charge in [-0.1, -0.05) is 152 Å². The van der Waals surface area contributed by atoms with Gasteiger partial charge in [-0.3, -0.25) is 0 Å². The van der Waals surface area contributed by atoms with Crippen LogP contribution in [0.2, 0.25) is 0 Å². The zero-order valence-electron chi connectivity index (χ0n) is 30.6. The van der Waals surface area contributed by atoms with Crippen molar-refractivity contribution < 1.29 is 4.42 Å². The van der Waals surface area contributed by atoms with E-state index >= 15 is 0 Å². The molecule has 0 aliphatic heterocycles. The van der Waals surface area contributed by atoms with Gasteiger partial charge in [0.1, 0.15) is 11.2 Å². The predicted octanol–water partition coefficient (Wildman–Crippen LogP) is 15.5. The fourth-order valence-corrected chi connectivity index (χ4v) is 8.44. The molecule has 0 N–H and O–H groups in total. The topological polar surface area (TPSA) is 16.4 Å². The summed E-state index contributed by atoms with van der Waals surface area (Å²) in [7, 11) is 0. The summed E-state index contributed by atoms with van der Waals surface area (Å²) in [5.41, 5.74) is 12.1. The maximum Gasteiger partial charge on any atom is 0.136 e. The second-order valence-corrected chi connectivity index (χ2v) is 14.5. The Balaban J connectivity index is 0.999. The number of hydrogen-bond donors (Lipinski definition) is 0. The molecule has 0 bridgehead atoms. The molecule has 0 fully saturated rings. The monoisotopic (exact) mass is 713 g/mol. The first kappa shape index (κ1) is 32.0. The molecule has 56 heavy (non-hydrogen) atoms. The van der Waals surface area contributed by atoms with Crippen molar-refractivity contribution in [3.05, 3.63) is 212 Å². The number of hydrogen-bond acceptors (Lipinski definition) is 2. The molecule has 0 aliphatic carbocycles. The van der Waals surface area contributed by atoms with Crippen molar-refractivity contribution in [2.24, 2.45) is 0 Å². The van der Waals surface area contributed by atoms with Crippen molar-refractivity contribution in [3.8, 4) is 33.4 Å². The number of fused-ring (bicyclic) bond motifs is 7. The smallest absolute Gasteiger partial charge is 0.136 e. The van der Waals surface area contributed by atoms with E-state index in [1.165, 1.54) is 54.6 Å². The Labute approximate surface area is 325 Å². The molecule has 0 spiro atoms. The highest BCUT2D eigenvalue weighted by Gasteiger charge is 2.17. The average Bonchev–Trinajstić information content (AvgIpc) is 3.64. The number of anilines is 3. The Morgan fingerprint density at radius 2 is 0.875 bits per heavy atom. The van der Waals surface area contributed by atoms with Crippen molar-refractivity contribution in [1.29, 1.82) is 0 Å². The summed E-state index contributed by atoms with van der Waals surface area (Å²) in [5.74, 6) is 0. The maximum atomic E-state index is 6.42. The fourth-order valence-electron chi connectivity index (χ4n) is 8.44. The van der Waals surface area contributed by atoms with E-state index in [9.17, 15) is 0 Å². The molecule has 1 aromatic heterocycles. The average molecular weight is 714 g/mol. The van der Waals surface area contributed by atoms with Gasteiger partial charge >= 0.3 is 0 Å². The molecular formula is C54H35NO. The largest absolute Gasteiger partial charge is 0.456 e. The lowest BCUT2D eigenvalue weighted by Crippen LogP contribution is -2.10. The molecule has 0 atom stereocenters. The molecule has 262 valence electrons. The Bertz CT molecular complexity index is 3230. The standard InChI is InChI=1S/C54H35NO/c1-2-10-36(11-3-1)40-15-8-16-47(33-40)55(45-27-22-37(23-28-45)43-26-31-49-44(32-43)21-20-38-12-6-7-17-48(38)49)46-29-24-39(25-30-46)50-18-9-19-52-54(50)51-34-41-13-4-5-14-42(41)35-53(51)56-52/h1-35H. The molecule has 2 nitrogen and oxygen atoms in total. The van der Waals surface area contributed by atoms with E-state index in [-0.39, 0.29) is 0 Å². The van der Waals surface area contributed by atoms with E-state index < -0.39 is 0 Å². The minimum absolute atomic E-state index is 0.899. The van der Waals surface area contributed by atoms with Crippen molar-refractivity contribution >= 4 is 71.3 Å². The van der Waals surface area contributed by atoms with Crippen molar-refractivity contribution in [2.75, 3.05) is 4.90 Å². The lowest BCUT2D eigenvalue weighted by Gasteiger charge is -2.26. The molecule has 11 aromatic rings. The molecule has 1 heterocycles. The van der Waals surface area contributed by atoms with Crippen molar-refractivity contribution in [3.63, 3.8) is 0 Å². The summed E-state index contributed by atoms with van der Waals surface area (Å²) in [4.78, 5) is 2.35. The SMILES string of the molecule is c1ccc(-c2cccc(N(c3ccc(-c4ccc5c(ccc6ccccc65)c4)cc3)c3ccc(-c4cccc5oc6cc7ccccc7cc6c45)cc3)c2)cc1. The van der Waals surface area contributed by atoms with Gasteiger partial charge in [-0.2, -0.15) is 0 Å². The molecule has 10 aromatic carbocycles. The van der Waals surface area contributed by atoms with E-state index in [4.69, 9.17) is 4.42 Å². The predicted molar refractivity (Wildman–Crippen MR) is 237 cm³/mol. The molecule has 0 aliphatic rings. The maximum absolute atomic E-state index is 6.42. The summed E-state index contributed by atoms with van der Waals surface area (Å²) in [5, 5.41) is 9.75. The van der Waals surface area contributed by atoms with Crippen LogP contribution in [-0.2, 0) is 0 Å². The van der Waals surface area contributed by atoms with Crippen LogP contribution >= 0.6 is 0 Å². The lowest BCUT2D eigenvalue weighted by atomic mass is 9.97. The Hall–Kier alpha value is -7.42. The minimum Gasteiger partial charge on any atom is -0.456 e. The van der Waals surface area contributed by atoms with Gasteiger partial charge < -0.3 is 9.32 Å². The summed E-state index contributed by atoms with van der Waals surface area (Å²) in [6.45, 7) is 0. The van der Waals surface area contributed by atoms with Crippen LogP contribution < -0.4 is 4.90 Å². The third-order valence-electron chi connectivity index (χ3n) is 11.2. The highest BCUT2D eigenvalue weighted by molar-refractivity contribution is 6.15. The fraction of sp³-hybridized carbons (Fsp3) is 0. The van der Waals surface area contributed by atoms with Gasteiger partial charge in [-0.25, -0.2) is 0 Å². The van der Waals surface area contributed by atoms with Crippen LogP contribution in [0.3, 0.4) is 0 Å². The van der Waals surface area contributed by atoms with Gasteiger partial charge in [0.15, 0.2) is 0 Å². The third kappa shape index (κ3) is 5.51. The van der Waals surface area contributed by atoms with Crippen LogP contribution in [0, 0.1) is 0 Å². The first-order chi connectivity index (χ1) is 27.7. The van der Waals surface area contributed by atoms with Crippen LogP contribution in [0.25, 0.3) is 87.6 Å². The van der Waals surface area contributed by atoms with Crippen LogP contribution in [0.4, 0.5) is 17.1 Å². The Morgan fingerprint density at radius 1 is 0.286 bits per heavy atom. The van der Waals surface area contributed by atoms with Crippen LogP contribution in [0.15, 0.2) is 217 Å². The van der Waals surface area contributed by atoms with Gasteiger partial charge in [-0.05, 0) is 126 Å². The molecule has 0 saturated carbocycles. The van der Waals surface area contributed by atoms with E-state index in [0.29, 0.717) is 0 Å². The van der Waals surface area contributed by atoms with Gasteiger partial charge in [0.2, 0.25) is 0 Å². The molecular weight excluding hydrogens is 679 g/mol. The molecule has 0 saturated heterocycles. The number of rotatable bonds is 6. The second-order valence-electron chi connectivity index (χ2n) is 14.5. The number of furan rings is 1. The first-order valence-electron chi connectivity index (χ1n) is 19.2. The number of nitrogens with zero attached hydrogens (tertiary/aromatic N) is 1. The normalized spacial score (nSPS) is 11.6. The van der Waals surface area contributed by atoms with Crippen LogP contribution in [-0.4, -0.2) is 0 Å². The molecule has 2 heteroatoms. The van der Waals surface area contributed by atoms with Crippen LogP contribution in [0.5, 0.6) is 0 Å². The van der Waals surface area contributed by atoms with E-state index in [1.54, 1.807) is 0 Å². The van der Waals surface area contributed by atoms with Crippen LogP contribution in [0.1, 0.15) is 0 Å². The third-order valence-corrected chi connectivity index (χ3v) is 11.2. The molecule has 11 rings (SSSR count). The zero-order valence-corrected chi connectivity index (χ0v) is 30.6. The van der Waals surface area contributed by atoms with E-state index in [2.05, 4.69) is 217 Å². The van der Waals surface area contributed by atoms with E-state index in [1.807, 2.05) is 0 Å². The number of benzene rings is 10. The molecule has 0 radical (unpaired) electrons. The molecule has 0 unspecified atom stereocenters. The second kappa shape index (κ2) is 13.2. The zero-order chi connectivity index (χ0) is 37.0. The summed E-state index contributed by atoms with van der Waals surface area (Å²) < 4.78 is 6.42.